The molecule has 112 valence electrons. The van der Waals surface area contributed by atoms with Gasteiger partial charge in [-0.05, 0) is 13.8 Å². The first-order valence-corrected chi connectivity index (χ1v) is 6.45. The van der Waals surface area contributed by atoms with E-state index in [9.17, 15) is 14.7 Å². The van der Waals surface area contributed by atoms with Crippen molar-refractivity contribution >= 4 is 0 Å². The van der Waals surface area contributed by atoms with Crippen molar-refractivity contribution < 1.29 is 14.6 Å². The van der Waals surface area contributed by atoms with Gasteiger partial charge in [-0.15, -0.1) is 0 Å². The molecule has 1 aliphatic rings. The normalized spacial score (nSPS) is 29.8. The van der Waals surface area contributed by atoms with Crippen LogP contribution in [0.4, 0.5) is 0 Å². The lowest BCUT2D eigenvalue weighted by molar-refractivity contribution is -0.0708. The molecule has 0 bridgehead atoms. The van der Waals surface area contributed by atoms with Gasteiger partial charge in [0, 0.05) is 18.4 Å². The number of rotatable bonds is 4. The highest BCUT2D eigenvalue weighted by Crippen LogP contribution is 2.29. The van der Waals surface area contributed by atoms with E-state index >= 15 is 0 Å². The summed E-state index contributed by atoms with van der Waals surface area (Å²) < 4.78 is 12.4. The molecule has 8 nitrogen and oxygen atoms in total. The van der Waals surface area contributed by atoms with Gasteiger partial charge in [0.25, 0.3) is 5.56 Å². The van der Waals surface area contributed by atoms with Crippen LogP contribution >= 0.6 is 0 Å². The fourth-order valence-electron chi connectivity index (χ4n) is 2.30. The molecule has 4 N–H and O–H groups in total. The van der Waals surface area contributed by atoms with E-state index in [0.29, 0.717) is 12.2 Å². The standard InChI is InChI=1S/C12H19N3O5/c1-3-19-9-8(13)7(5-16)20-11(9)15-4-6(2)10(17)14-12(15)18/h4,7-9,11,16H,3,5,13H2,1-2H3,(H,14,17,18)/t7-,8-,9-,11-/m1/s1. The lowest BCUT2D eigenvalue weighted by Crippen LogP contribution is -2.44. The van der Waals surface area contributed by atoms with Crippen LogP contribution in [0.2, 0.25) is 0 Å². The van der Waals surface area contributed by atoms with Gasteiger partial charge >= 0.3 is 5.69 Å². The molecule has 0 amide bonds. The van der Waals surface area contributed by atoms with Gasteiger partial charge in [0.2, 0.25) is 0 Å². The van der Waals surface area contributed by atoms with E-state index in [4.69, 9.17) is 15.2 Å². The van der Waals surface area contributed by atoms with Crippen molar-refractivity contribution in [1.82, 2.24) is 9.55 Å². The number of aliphatic hydroxyl groups excluding tert-OH is 1. The highest BCUT2D eigenvalue weighted by Gasteiger charge is 2.44. The van der Waals surface area contributed by atoms with Gasteiger partial charge in [-0.3, -0.25) is 14.3 Å². The monoisotopic (exact) mass is 285 g/mol. The second-order valence-corrected chi connectivity index (χ2v) is 4.72. The van der Waals surface area contributed by atoms with E-state index in [0.717, 1.165) is 0 Å². The molecule has 1 aromatic heterocycles. The van der Waals surface area contributed by atoms with E-state index < -0.39 is 35.7 Å². The first-order chi connectivity index (χ1) is 9.49. The summed E-state index contributed by atoms with van der Waals surface area (Å²) in [6, 6.07) is -0.552. The molecule has 1 saturated heterocycles. The Morgan fingerprint density at radius 3 is 2.85 bits per heavy atom. The number of aliphatic hydroxyl groups is 1. The Morgan fingerprint density at radius 2 is 2.25 bits per heavy atom. The quantitative estimate of drug-likeness (QED) is 0.617. The molecule has 20 heavy (non-hydrogen) atoms. The van der Waals surface area contributed by atoms with E-state index in [1.807, 2.05) is 0 Å². The van der Waals surface area contributed by atoms with Crippen LogP contribution in [-0.4, -0.2) is 46.1 Å². The molecule has 0 aliphatic carbocycles. The zero-order chi connectivity index (χ0) is 14.9. The first kappa shape index (κ1) is 14.9. The summed E-state index contributed by atoms with van der Waals surface area (Å²) in [4.78, 5) is 25.5. The van der Waals surface area contributed by atoms with E-state index in [1.54, 1.807) is 13.8 Å². The van der Waals surface area contributed by atoms with Gasteiger partial charge in [0.15, 0.2) is 6.23 Å². The summed E-state index contributed by atoms with van der Waals surface area (Å²) in [5.74, 6) is 0. The second-order valence-electron chi connectivity index (χ2n) is 4.72. The fourth-order valence-corrected chi connectivity index (χ4v) is 2.30. The minimum atomic E-state index is -0.773. The first-order valence-electron chi connectivity index (χ1n) is 6.45. The molecule has 0 saturated carbocycles. The Labute approximate surface area is 115 Å². The highest BCUT2D eigenvalue weighted by molar-refractivity contribution is 5.03. The fraction of sp³-hybridized carbons (Fsp3) is 0.667. The Balaban J connectivity index is 2.42. The Hall–Kier alpha value is -1.48. The summed E-state index contributed by atoms with van der Waals surface area (Å²) in [6.07, 6.45) is -0.550. The van der Waals surface area contributed by atoms with Crippen LogP contribution in [-0.2, 0) is 9.47 Å². The van der Waals surface area contributed by atoms with E-state index in [-0.39, 0.29) is 6.61 Å². The second kappa shape index (κ2) is 5.88. The molecule has 1 aliphatic heterocycles. The van der Waals surface area contributed by atoms with Crippen molar-refractivity contribution in [1.29, 1.82) is 0 Å². The van der Waals surface area contributed by atoms with Gasteiger partial charge in [-0.2, -0.15) is 0 Å². The minimum Gasteiger partial charge on any atom is -0.394 e. The van der Waals surface area contributed by atoms with Crippen LogP contribution < -0.4 is 17.0 Å². The van der Waals surface area contributed by atoms with Crippen LogP contribution in [0.25, 0.3) is 0 Å². The number of hydrogen-bond donors (Lipinski definition) is 3. The summed E-state index contributed by atoms with van der Waals surface area (Å²) >= 11 is 0. The van der Waals surface area contributed by atoms with Crippen LogP contribution in [0.5, 0.6) is 0 Å². The van der Waals surface area contributed by atoms with Crippen molar-refractivity contribution in [3.05, 3.63) is 32.6 Å². The SMILES string of the molecule is CCO[C@@H]1[C@H](N)[C@@H](CO)O[C@H]1n1cc(C)c(=O)[nH]c1=O. The molecule has 1 fully saturated rings. The third-order valence-corrected chi connectivity index (χ3v) is 3.36. The number of hydrogen-bond acceptors (Lipinski definition) is 6. The Morgan fingerprint density at radius 1 is 1.55 bits per heavy atom. The van der Waals surface area contributed by atoms with Gasteiger partial charge in [0.1, 0.15) is 12.2 Å². The van der Waals surface area contributed by atoms with Crippen molar-refractivity contribution in [3.63, 3.8) is 0 Å². The van der Waals surface area contributed by atoms with Gasteiger partial charge in [-0.1, -0.05) is 0 Å². The summed E-state index contributed by atoms with van der Waals surface area (Å²) in [5.41, 5.74) is 5.31. The third-order valence-electron chi connectivity index (χ3n) is 3.36. The molecule has 0 radical (unpaired) electrons. The Bertz CT molecular complexity index is 581. The lowest BCUT2D eigenvalue weighted by atomic mass is 10.1. The number of nitrogens with two attached hydrogens (primary N) is 1. The maximum Gasteiger partial charge on any atom is 0.330 e. The molecule has 8 heteroatoms. The number of H-pyrrole nitrogens is 1. The summed E-state index contributed by atoms with van der Waals surface area (Å²) in [7, 11) is 0. The molecule has 2 heterocycles. The minimum absolute atomic E-state index is 0.266. The number of ether oxygens (including phenoxy) is 2. The predicted molar refractivity (Wildman–Crippen MR) is 70.4 cm³/mol. The molecular formula is C12H19N3O5. The van der Waals surface area contributed by atoms with Crippen LogP contribution in [0, 0.1) is 6.92 Å². The average molecular weight is 285 g/mol. The molecule has 0 aromatic carbocycles. The Kier molecular flexibility index (Phi) is 4.39. The topological polar surface area (TPSA) is 120 Å². The maximum atomic E-state index is 11.9. The number of aromatic nitrogens is 2. The largest absolute Gasteiger partial charge is 0.394 e. The molecule has 1 aromatic rings. The number of nitrogens with zero attached hydrogens (tertiary/aromatic N) is 1. The van der Waals surface area contributed by atoms with Crippen LogP contribution in [0.1, 0.15) is 18.7 Å². The van der Waals surface area contributed by atoms with Gasteiger partial charge < -0.3 is 20.3 Å². The maximum absolute atomic E-state index is 11.9. The van der Waals surface area contributed by atoms with E-state index in [1.165, 1.54) is 10.8 Å². The third kappa shape index (κ3) is 2.55. The van der Waals surface area contributed by atoms with Crippen molar-refractivity contribution in [2.75, 3.05) is 13.2 Å². The average Bonchev–Trinajstić information content (AvgIpc) is 2.72. The van der Waals surface area contributed by atoms with Crippen LogP contribution in [0.3, 0.4) is 0 Å². The van der Waals surface area contributed by atoms with Crippen molar-refractivity contribution in [3.8, 4) is 0 Å². The van der Waals surface area contributed by atoms with Crippen LogP contribution in [0.15, 0.2) is 15.8 Å². The molecule has 2 rings (SSSR count). The van der Waals surface area contributed by atoms with Crippen molar-refractivity contribution in [2.45, 2.75) is 38.3 Å². The van der Waals surface area contributed by atoms with Gasteiger partial charge in [0.05, 0.1) is 12.6 Å². The molecule has 0 unspecified atom stereocenters. The number of aromatic amines is 1. The molecule has 0 spiro atoms. The van der Waals surface area contributed by atoms with Gasteiger partial charge in [-0.25, -0.2) is 4.79 Å². The van der Waals surface area contributed by atoms with E-state index in [2.05, 4.69) is 4.98 Å². The number of aryl methyl sites for hydroxylation is 1. The molecule has 4 atom stereocenters. The lowest BCUT2D eigenvalue weighted by Gasteiger charge is -2.22. The smallest absolute Gasteiger partial charge is 0.330 e. The summed E-state index contributed by atoms with van der Waals surface area (Å²) in [6.45, 7) is 3.52. The van der Waals surface area contributed by atoms with Crippen molar-refractivity contribution in [2.24, 2.45) is 5.73 Å². The zero-order valence-corrected chi connectivity index (χ0v) is 11.4. The zero-order valence-electron chi connectivity index (χ0n) is 11.4. The molecular weight excluding hydrogens is 266 g/mol. The number of nitrogens with one attached hydrogen (secondary N) is 1. The summed E-state index contributed by atoms with van der Waals surface area (Å²) in [5, 5.41) is 9.25. The predicted octanol–water partition coefficient (Wildman–Crippen LogP) is -1.53. The highest BCUT2D eigenvalue weighted by atomic mass is 16.6.